The number of benzene rings is 1. The molecule has 1 aromatic rings. The van der Waals surface area contributed by atoms with Crippen LogP contribution >= 0.6 is 0 Å². The third-order valence-electron chi connectivity index (χ3n) is 1.84. The molecule has 1 nitrogen and oxygen atoms in total. The molecule has 1 aromatic carbocycles. The van der Waals surface area contributed by atoms with E-state index in [0.717, 1.165) is 0 Å². The summed E-state index contributed by atoms with van der Waals surface area (Å²) < 4.78 is 0. The van der Waals surface area contributed by atoms with Crippen LogP contribution in [-0.2, 0) is 0 Å². The van der Waals surface area contributed by atoms with Crippen LogP contribution in [0.4, 0.5) is 0 Å². The molecule has 1 heteroatoms. The number of aryl methyl sites for hydroxylation is 2. The summed E-state index contributed by atoms with van der Waals surface area (Å²) in [6.45, 7) is 6.19. The normalized spacial score (nSPS) is 13.5. The summed E-state index contributed by atoms with van der Waals surface area (Å²) in [7, 11) is 0. The Kier molecular flexibility index (Phi) is 3.26. The van der Waals surface area contributed by atoms with Crippen molar-refractivity contribution >= 4 is 6.08 Å². The first kappa shape index (κ1) is 10.0. The summed E-state index contributed by atoms with van der Waals surface area (Å²) in [4.78, 5) is 0. The standard InChI is InChI=1S/C12H17N/c1-9-6-10(2)8-12(7-9)5-4-11(3)13/h4-8,11H,13H2,1-3H3/b5-4+. The van der Waals surface area contributed by atoms with Gasteiger partial charge in [-0.3, -0.25) is 0 Å². The van der Waals surface area contributed by atoms with E-state index < -0.39 is 0 Å². The van der Waals surface area contributed by atoms with E-state index in [9.17, 15) is 0 Å². The maximum atomic E-state index is 5.63. The van der Waals surface area contributed by atoms with E-state index in [0.29, 0.717) is 0 Å². The summed E-state index contributed by atoms with van der Waals surface area (Å²) in [5.74, 6) is 0. The quantitative estimate of drug-likeness (QED) is 0.734. The molecule has 0 heterocycles. The zero-order valence-corrected chi connectivity index (χ0v) is 8.54. The van der Waals surface area contributed by atoms with Crippen LogP contribution in [0.1, 0.15) is 23.6 Å². The fraction of sp³-hybridized carbons (Fsp3) is 0.333. The lowest BCUT2D eigenvalue weighted by molar-refractivity contribution is 0.931. The van der Waals surface area contributed by atoms with E-state index in [2.05, 4.69) is 38.1 Å². The van der Waals surface area contributed by atoms with Gasteiger partial charge in [0.15, 0.2) is 0 Å². The molecule has 0 bridgehead atoms. The molecule has 0 amide bonds. The average molecular weight is 175 g/mol. The molecular weight excluding hydrogens is 158 g/mol. The van der Waals surface area contributed by atoms with Gasteiger partial charge >= 0.3 is 0 Å². The smallest absolute Gasteiger partial charge is 0.0198 e. The molecule has 1 unspecified atom stereocenters. The second kappa shape index (κ2) is 4.24. The van der Waals surface area contributed by atoms with E-state index >= 15 is 0 Å². The van der Waals surface area contributed by atoms with Gasteiger partial charge in [0.25, 0.3) is 0 Å². The number of nitrogens with two attached hydrogens (primary N) is 1. The topological polar surface area (TPSA) is 26.0 Å². The van der Waals surface area contributed by atoms with Crippen molar-refractivity contribution in [2.45, 2.75) is 26.8 Å². The van der Waals surface area contributed by atoms with E-state index in [1.54, 1.807) is 0 Å². The molecule has 0 aliphatic heterocycles. The summed E-state index contributed by atoms with van der Waals surface area (Å²) in [6.07, 6.45) is 4.08. The number of rotatable bonds is 2. The zero-order chi connectivity index (χ0) is 9.84. The van der Waals surface area contributed by atoms with Crippen LogP contribution in [0.15, 0.2) is 24.3 Å². The molecule has 0 aliphatic rings. The maximum Gasteiger partial charge on any atom is 0.0198 e. The van der Waals surface area contributed by atoms with Crippen LogP contribution in [-0.4, -0.2) is 6.04 Å². The Bertz CT molecular complexity index is 291. The van der Waals surface area contributed by atoms with Crippen molar-refractivity contribution < 1.29 is 0 Å². The Morgan fingerprint density at radius 3 is 2.15 bits per heavy atom. The van der Waals surface area contributed by atoms with Crippen LogP contribution in [0.5, 0.6) is 0 Å². The maximum absolute atomic E-state index is 5.63. The van der Waals surface area contributed by atoms with Crippen LogP contribution in [0, 0.1) is 13.8 Å². The highest BCUT2D eigenvalue weighted by molar-refractivity contribution is 5.52. The summed E-state index contributed by atoms with van der Waals surface area (Å²) >= 11 is 0. The van der Waals surface area contributed by atoms with Crippen molar-refractivity contribution in [1.29, 1.82) is 0 Å². The monoisotopic (exact) mass is 175 g/mol. The molecule has 1 rings (SSSR count). The van der Waals surface area contributed by atoms with Crippen molar-refractivity contribution in [2.24, 2.45) is 5.73 Å². The largest absolute Gasteiger partial charge is 0.325 e. The molecule has 0 aliphatic carbocycles. The van der Waals surface area contributed by atoms with Crippen LogP contribution < -0.4 is 5.73 Å². The molecule has 0 radical (unpaired) electrons. The minimum atomic E-state index is 0.126. The molecule has 0 spiro atoms. The highest BCUT2D eigenvalue weighted by Crippen LogP contribution is 2.10. The molecule has 0 aromatic heterocycles. The van der Waals surface area contributed by atoms with Gasteiger partial charge < -0.3 is 5.73 Å². The SMILES string of the molecule is Cc1cc(C)cc(/C=C/C(C)N)c1. The summed E-state index contributed by atoms with van der Waals surface area (Å²) in [5, 5.41) is 0. The minimum absolute atomic E-state index is 0.126. The predicted molar refractivity (Wildman–Crippen MR) is 58.6 cm³/mol. The van der Waals surface area contributed by atoms with E-state index in [4.69, 9.17) is 5.73 Å². The van der Waals surface area contributed by atoms with E-state index in [1.807, 2.05) is 13.0 Å². The van der Waals surface area contributed by atoms with Gasteiger partial charge in [0.1, 0.15) is 0 Å². The van der Waals surface area contributed by atoms with Gasteiger partial charge in [0, 0.05) is 6.04 Å². The van der Waals surface area contributed by atoms with Crippen molar-refractivity contribution in [3.63, 3.8) is 0 Å². The van der Waals surface area contributed by atoms with Gasteiger partial charge in [-0.05, 0) is 26.3 Å². The van der Waals surface area contributed by atoms with Crippen molar-refractivity contribution in [1.82, 2.24) is 0 Å². The van der Waals surface area contributed by atoms with Gasteiger partial charge in [-0.25, -0.2) is 0 Å². The number of hydrogen-bond donors (Lipinski definition) is 1. The van der Waals surface area contributed by atoms with Crippen molar-refractivity contribution in [3.8, 4) is 0 Å². The highest BCUT2D eigenvalue weighted by atomic mass is 14.6. The van der Waals surface area contributed by atoms with Gasteiger partial charge in [-0.1, -0.05) is 41.5 Å². The second-order valence-electron chi connectivity index (χ2n) is 3.64. The second-order valence-corrected chi connectivity index (χ2v) is 3.64. The Balaban J connectivity index is 2.89. The third kappa shape index (κ3) is 3.43. The molecule has 13 heavy (non-hydrogen) atoms. The first-order valence-electron chi connectivity index (χ1n) is 4.60. The molecule has 1 atom stereocenters. The van der Waals surface area contributed by atoms with Crippen LogP contribution in [0.25, 0.3) is 6.08 Å². The van der Waals surface area contributed by atoms with Crippen LogP contribution in [0.3, 0.4) is 0 Å². The molecular formula is C12H17N. The molecule has 70 valence electrons. The fourth-order valence-corrected chi connectivity index (χ4v) is 1.37. The molecule has 0 saturated heterocycles. The predicted octanol–water partition coefficient (Wildman–Crippen LogP) is 2.66. The first-order valence-corrected chi connectivity index (χ1v) is 4.60. The van der Waals surface area contributed by atoms with Gasteiger partial charge in [0.05, 0.1) is 0 Å². The third-order valence-corrected chi connectivity index (χ3v) is 1.84. The van der Waals surface area contributed by atoms with Crippen LogP contribution in [0.2, 0.25) is 0 Å². The lowest BCUT2D eigenvalue weighted by atomic mass is 10.1. The Morgan fingerprint density at radius 2 is 1.69 bits per heavy atom. The fourth-order valence-electron chi connectivity index (χ4n) is 1.37. The van der Waals surface area contributed by atoms with Gasteiger partial charge in [0.2, 0.25) is 0 Å². The minimum Gasteiger partial charge on any atom is -0.325 e. The zero-order valence-electron chi connectivity index (χ0n) is 8.54. The van der Waals surface area contributed by atoms with Crippen molar-refractivity contribution in [3.05, 3.63) is 41.0 Å². The average Bonchev–Trinajstić information content (AvgIpc) is 1.99. The highest BCUT2D eigenvalue weighted by Gasteiger charge is 1.92. The summed E-state index contributed by atoms with van der Waals surface area (Å²) in [6, 6.07) is 6.61. The Labute approximate surface area is 80.3 Å². The lowest BCUT2D eigenvalue weighted by Gasteiger charge is -2.00. The molecule has 2 N–H and O–H groups in total. The van der Waals surface area contributed by atoms with Gasteiger partial charge in [-0.15, -0.1) is 0 Å². The summed E-state index contributed by atoms with van der Waals surface area (Å²) in [5.41, 5.74) is 9.45. The Morgan fingerprint density at radius 1 is 1.15 bits per heavy atom. The number of hydrogen-bond acceptors (Lipinski definition) is 1. The first-order chi connectivity index (χ1) is 6.08. The van der Waals surface area contributed by atoms with E-state index in [-0.39, 0.29) is 6.04 Å². The molecule has 0 saturated carbocycles. The molecule has 0 fully saturated rings. The Hall–Kier alpha value is -1.08. The lowest BCUT2D eigenvalue weighted by Crippen LogP contribution is -2.09. The van der Waals surface area contributed by atoms with Crippen molar-refractivity contribution in [2.75, 3.05) is 0 Å². The van der Waals surface area contributed by atoms with Gasteiger partial charge in [-0.2, -0.15) is 0 Å². The van der Waals surface area contributed by atoms with E-state index in [1.165, 1.54) is 16.7 Å².